The van der Waals surface area contributed by atoms with Gasteiger partial charge in [-0.05, 0) is 76.0 Å². The van der Waals surface area contributed by atoms with Gasteiger partial charge < -0.3 is 15.1 Å². The maximum Gasteiger partial charge on any atom is 0.228 e. The molecule has 2 unspecified atom stereocenters. The number of carbonyl (C=O) groups excluding carboxylic acids is 3. The maximum absolute atomic E-state index is 13.2. The van der Waals surface area contributed by atoms with Crippen LogP contribution in [-0.4, -0.2) is 59.7 Å². The lowest BCUT2D eigenvalue weighted by atomic mass is 9.68. The first kappa shape index (κ1) is 23.2. The second-order valence-corrected chi connectivity index (χ2v) is 12.0. The Morgan fingerprint density at radius 3 is 2.00 bits per heavy atom. The number of carbonyl (C=O) groups is 3. The van der Waals surface area contributed by atoms with Crippen LogP contribution < -0.4 is 5.32 Å². The van der Waals surface area contributed by atoms with Crippen LogP contribution in [0.25, 0.3) is 0 Å². The molecular formula is C27H43N3O3. The smallest absolute Gasteiger partial charge is 0.228 e. The first-order valence-electron chi connectivity index (χ1n) is 13.8. The van der Waals surface area contributed by atoms with Crippen LogP contribution in [0, 0.1) is 29.1 Å². The minimum atomic E-state index is -0.138. The van der Waals surface area contributed by atoms with E-state index >= 15 is 0 Å². The predicted molar refractivity (Wildman–Crippen MR) is 127 cm³/mol. The molecule has 4 saturated carbocycles. The van der Waals surface area contributed by atoms with Crippen LogP contribution in [0.15, 0.2) is 0 Å². The molecule has 4 aliphatic carbocycles. The summed E-state index contributed by atoms with van der Waals surface area (Å²) in [6, 6.07) is 0.459. The van der Waals surface area contributed by atoms with Crippen molar-refractivity contribution in [3.63, 3.8) is 0 Å². The standard InChI is InChI=1S/C27H43N3O3/c1-27(12-3-13-27)26(33)30-16-14-29(15-17-30)25(32)20-8-6-19(7-9-20)21-4-2-5-22(18-21)24(31)28-23-10-11-23/h19-23H,2-18H2,1H3,(H,28,31). The van der Waals surface area contributed by atoms with Gasteiger partial charge in [-0.2, -0.15) is 0 Å². The van der Waals surface area contributed by atoms with Gasteiger partial charge in [0.25, 0.3) is 0 Å². The molecule has 3 amide bonds. The summed E-state index contributed by atoms with van der Waals surface area (Å²) in [4.78, 5) is 42.6. The van der Waals surface area contributed by atoms with Crippen molar-refractivity contribution in [2.75, 3.05) is 26.2 Å². The zero-order chi connectivity index (χ0) is 23.0. The van der Waals surface area contributed by atoms with Gasteiger partial charge in [0.2, 0.25) is 17.7 Å². The van der Waals surface area contributed by atoms with Crippen LogP contribution in [0.2, 0.25) is 0 Å². The van der Waals surface area contributed by atoms with Crippen molar-refractivity contribution in [3.05, 3.63) is 0 Å². The third-order valence-corrected chi connectivity index (χ3v) is 9.65. The van der Waals surface area contributed by atoms with Gasteiger partial charge >= 0.3 is 0 Å². The van der Waals surface area contributed by atoms with Crippen LogP contribution in [0.4, 0.5) is 0 Å². The van der Waals surface area contributed by atoms with Crippen LogP contribution in [-0.2, 0) is 14.4 Å². The van der Waals surface area contributed by atoms with E-state index in [4.69, 9.17) is 0 Å². The lowest BCUT2D eigenvalue weighted by Crippen LogP contribution is -2.56. The second-order valence-electron chi connectivity index (χ2n) is 12.0. The zero-order valence-electron chi connectivity index (χ0n) is 20.5. The van der Waals surface area contributed by atoms with Gasteiger partial charge in [0.05, 0.1) is 0 Å². The molecule has 6 heteroatoms. The highest BCUT2D eigenvalue weighted by Gasteiger charge is 2.43. The van der Waals surface area contributed by atoms with Crippen molar-refractivity contribution in [1.29, 1.82) is 0 Å². The van der Waals surface area contributed by atoms with Gasteiger partial charge in [-0.3, -0.25) is 14.4 Å². The molecule has 0 aromatic rings. The van der Waals surface area contributed by atoms with E-state index in [-0.39, 0.29) is 17.3 Å². The largest absolute Gasteiger partial charge is 0.353 e. The van der Waals surface area contributed by atoms with Crippen molar-refractivity contribution in [2.45, 2.75) is 96.4 Å². The normalized spacial score (nSPS) is 34.3. The summed E-state index contributed by atoms with van der Waals surface area (Å²) in [7, 11) is 0. The van der Waals surface area contributed by atoms with E-state index in [1.54, 1.807) is 0 Å². The molecule has 0 aromatic heterocycles. The molecule has 6 nitrogen and oxygen atoms in total. The van der Waals surface area contributed by atoms with Gasteiger partial charge in [-0.25, -0.2) is 0 Å². The second kappa shape index (κ2) is 9.58. The van der Waals surface area contributed by atoms with E-state index in [1.165, 1.54) is 19.3 Å². The van der Waals surface area contributed by atoms with E-state index in [2.05, 4.69) is 12.2 Å². The molecule has 5 fully saturated rings. The first-order valence-corrected chi connectivity index (χ1v) is 13.8. The summed E-state index contributed by atoms with van der Waals surface area (Å²) >= 11 is 0. The van der Waals surface area contributed by atoms with Gasteiger partial charge in [0.1, 0.15) is 0 Å². The fourth-order valence-corrected chi connectivity index (χ4v) is 6.97. The van der Waals surface area contributed by atoms with Crippen LogP contribution >= 0.6 is 0 Å². The van der Waals surface area contributed by atoms with Crippen molar-refractivity contribution in [3.8, 4) is 0 Å². The summed E-state index contributed by atoms with van der Waals surface area (Å²) in [5.74, 6) is 2.64. The quantitative estimate of drug-likeness (QED) is 0.684. The van der Waals surface area contributed by atoms with E-state index in [9.17, 15) is 14.4 Å². The number of hydrogen-bond acceptors (Lipinski definition) is 3. The molecule has 5 rings (SSSR count). The molecule has 1 aliphatic heterocycles. The fraction of sp³-hybridized carbons (Fsp3) is 0.889. The Kier molecular flexibility index (Phi) is 6.72. The van der Waals surface area contributed by atoms with Crippen LogP contribution in [0.5, 0.6) is 0 Å². The molecule has 1 N–H and O–H groups in total. The minimum Gasteiger partial charge on any atom is -0.353 e. The molecule has 5 aliphatic rings. The average Bonchev–Trinajstić information content (AvgIpc) is 3.66. The van der Waals surface area contributed by atoms with Crippen LogP contribution in [0.3, 0.4) is 0 Å². The van der Waals surface area contributed by atoms with Crippen molar-refractivity contribution >= 4 is 17.7 Å². The number of piperazine rings is 1. The highest BCUT2D eigenvalue weighted by molar-refractivity contribution is 5.84. The first-order chi connectivity index (χ1) is 15.9. The van der Waals surface area contributed by atoms with Crippen molar-refractivity contribution in [2.24, 2.45) is 29.1 Å². The fourth-order valence-electron chi connectivity index (χ4n) is 6.97. The summed E-state index contributed by atoms with van der Waals surface area (Å²) in [5.41, 5.74) is -0.138. The van der Waals surface area contributed by atoms with Gasteiger partial charge in [-0.15, -0.1) is 0 Å². The predicted octanol–water partition coefficient (Wildman–Crippen LogP) is 3.74. The summed E-state index contributed by atoms with van der Waals surface area (Å²) in [6.45, 7) is 4.88. The number of nitrogens with zero attached hydrogens (tertiary/aromatic N) is 2. The highest BCUT2D eigenvalue weighted by Crippen LogP contribution is 2.43. The van der Waals surface area contributed by atoms with Gasteiger partial charge in [-0.1, -0.05) is 26.2 Å². The molecule has 0 bridgehead atoms. The Bertz CT molecular complexity index is 744. The van der Waals surface area contributed by atoms with E-state index < -0.39 is 0 Å². The topological polar surface area (TPSA) is 69.7 Å². The Morgan fingerprint density at radius 1 is 0.727 bits per heavy atom. The molecule has 2 atom stereocenters. The molecule has 184 valence electrons. The summed E-state index contributed by atoms with van der Waals surface area (Å²) in [5, 5.41) is 3.22. The number of amides is 3. The van der Waals surface area contributed by atoms with Crippen molar-refractivity contribution < 1.29 is 14.4 Å². The van der Waals surface area contributed by atoms with E-state index in [0.717, 1.165) is 64.2 Å². The summed E-state index contributed by atoms with van der Waals surface area (Å²) < 4.78 is 0. The highest BCUT2D eigenvalue weighted by atomic mass is 16.2. The Hall–Kier alpha value is -1.59. The third-order valence-electron chi connectivity index (χ3n) is 9.65. The summed E-state index contributed by atoms with van der Waals surface area (Å²) in [6.07, 6.45) is 14.3. The minimum absolute atomic E-state index is 0.138. The lowest BCUT2D eigenvalue weighted by Gasteiger charge is -2.44. The maximum atomic E-state index is 13.2. The van der Waals surface area contributed by atoms with Gasteiger partial charge in [0, 0.05) is 49.5 Å². The SMILES string of the molecule is CC1(C(=O)N2CCN(C(=O)C3CCC(C4CCCC(C(=O)NC5CC5)C4)CC3)CC2)CCC1. The number of nitrogens with one attached hydrogen (secondary N) is 1. The lowest BCUT2D eigenvalue weighted by molar-refractivity contribution is -0.151. The molecule has 0 spiro atoms. The molecule has 33 heavy (non-hydrogen) atoms. The number of hydrogen-bond donors (Lipinski definition) is 1. The monoisotopic (exact) mass is 457 g/mol. The van der Waals surface area contributed by atoms with E-state index in [0.29, 0.717) is 61.8 Å². The molecule has 1 heterocycles. The van der Waals surface area contributed by atoms with E-state index in [1.807, 2.05) is 9.80 Å². The third kappa shape index (κ3) is 5.09. The molecule has 1 saturated heterocycles. The molecule has 0 aromatic carbocycles. The number of rotatable bonds is 5. The molecule has 0 radical (unpaired) electrons. The van der Waals surface area contributed by atoms with Crippen molar-refractivity contribution in [1.82, 2.24) is 15.1 Å². The Labute approximate surface area is 199 Å². The Balaban J connectivity index is 1.05. The van der Waals surface area contributed by atoms with Crippen LogP contribution in [0.1, 0.15) is 90.4 Å². The molecular weight excluding hydrogens is 414 g/mol. The Morgan fingerprint density at radius 2 is 1.39 bits per heavy atom. The van der Waals surface area contributed by atoms with Gasteiger partial charge in [0.15, 0.2) is 0 Å². The zero-order valence-corrected chi connectivity index (χ0v) is 20.5. The average molecular weight is 458 g/mol.